The molecule has 1 aromatic carbocycles. The summed E-state index contributed by atoms with van der Waals surface area (Å²) in [6.45, 7) is 7.06. The van der Waals surface area contributed by atoms with Gasteiger partial charge >= 0.3 is 10.2 Å². The minimum Gasteiger partial charge on any atom is -0.508 e. The highest BCUT2D eigenvalue weighted by Gasteiger charge is 2.21. The van der Waals surface area contributed by atoms with Crippen LogP contribution >= 0.6 is 0 Å². The number of hydrogen-bond donors (Lipinski definition) is 2. The van der Waals surface area contributed by atoms with E-state index in [1.54, 1.807) is 39.8 Å². The molecule has 102 valence electrons. The molecule has 0 heterocycles. The normalized spacial score (nSPS) is 12.2. The molecule has 1 rings (SSSR count). The van der Waals surface area contributed by atoms with Crippen molar-refractivity contribution in [3.05, 3.63) is 23.3 Å². The SMILES string of the molecule is Cc1cc(NS(=O)(=O)N(C)C(C)C)c(C)cc1O. The van der Waals surface area contributed by atoms with E-state index in [1.165, 1.54) is 11.4 Å². The molecule has 0 amide bonds. The molecule has 0 saturated carbocycles. The molecule has 0 bridgehead atoms. The molecule has 0 aliphatic carbocycles. The van der Waals surface area contributed by atoms with Crippen LogP contribution in [0.5, 0.6) is 5.75 Å². The lowest BCUT2D eigenvalue weighted by Gasteiger charge is -2.22. The Morgan fingerprint density at radius 1 is 1.22 bits per heavy atom. The summed E-state index contributed by atoms with van der Waals surface area (Å²) in [5.41, 5.74) is 1.79. The summed E-state index contributed by atoms with van der Waals surface area (Å²) in [5, 5.41) is 9.53. The van der Waals surface area contributed by atoms with Crippen molar-refractivity contribution in [2.24, 2.45) is 0 Å². The van der Waals surface area contributed by atoms with E-state index >= 15 is 0 Å². The van der Waals surface area contributed by atoms with Gasteiger partial charge in [0.25, 0.3) is 0 Å². The fourth-order valence-electron chi connectivity index (χ4n) is 1.40. The summed E-state index contributed by atoms with van der Waals surface area (Å²) in [6, 6.07) is 3.04. The van der Waals surface area contributed by atoms with E-state index in [0.717, 1.165) is 0 Å². The van der Waals surface area contributed by atoms with Crippen LogP contribution in [0.25, 0.3) is 0 Å². The molecule has 0 radical (unpaired) electrons. The number of phenols is 1. The summed E-state index contributed by atoms with van der Waals surface area (Å²) < 4.78 is 27.9. The van der Waals surface area contributed by atoms with E-state index in [0.29, 0.717) is 16.8 Å². The van der Waals surface area contributed by atoms with Crippen LogP contribution in [0.4, 0.5) is 5.69 Å². The highest BCUT2D eigenvalue weighted by molar-refractivity contribution is 7.90. The molecule has 6 heteroatoms. The quantitative estimate of drug-likeness (QED) is 0.824. The van der Waals surface area contributed by atoms with Crippen LogP contribution in [0.15, 0.2) is 12.1 Å². The molecule has 18 heavy (non-hydrogen) atoms. The minimum atomic E-state index is -3.56. The summed E-state index contributed by atoms with van der Waals surface area (Å²) in [7, 11) is -2.04. The zero-order valence-electron chi connectivity index (χ0n) is 11.4. The molecule has 5 nitrogen and oxygen atoms in total. The highest BCUT2D eigenvalue weighted by atomic mass is 32.2. The molecular formula is C12H20N2O3S. The predicted octanol–water partition coefficient (Wildman–Crippen LogP) is 2.01. The third kappa shape index (κ3) is 3.14. The second kappa shape index (κ2) is 5.16. The standard InChI is InChI=1S/C12H20N2O3S/c1-8(2)14(5)18(16,17)13-11-6-10(4)12(15)7-9(11)3/h6-8,13,15H,1-5H3. The monoisotopic (exact) mass is 272 g/mol. The summed E-state index contributed by atoms with van der Waals surface area (Å²) in [6.07, 6.45) is 0. The first-order valence-electron chi connectivity index (χ1n) is 5.71. The Hall–Kier alpha value is -1.27. The van der Waals surface area contributed by atoms with E-state index in [4.69, 9.17) is 0 Å². The zero-order chi connectivity index (χ0) is 14.1. The van der Waals surface area contributed by atoms with Gasteiger partial charge in [0.05, 0.1) is 5.69 Å². The first-order valence-corrected chi connectivity index (χ1v) is 7.15. The number of benzene rings is 1. The van der Waals surface area contributed by atoms with Gasteiger partial charge in [0, 0.05) is 13.1 Å². The minimum absolute atomic E-state index is 0.124. The third-order valence-corrected chi connectivity index (χ3v) is 4.55. The lowest BCUT2D eigenvalue weighted by molar-refractivity contribution is 0.414. The van der Waals surface area contributed by atoms with Gasteiger partial charge in [-0.1, -0.05) is 0 Å². The number of aromatic hydroxyl groups is 1. The number of rotatable bonds is 4. The fourth-order valence-corrected chi connectivity index (χ4v) is 2.60. The van der Waals surface area contributed by atoms with Crippen molar-refractivity contribution in [3.63, 3.8) is 0 Å². The second-order valence-corrected chi connectivity index (χ2v) is 6.40. The average molecular weight is 272 g/mol. The van der Waals surface area contributed by atoms with Crippen LogP contribution in [0.2, 0.25) is 0 Å². The van der Waals surface area contributed by atoms with E-state index in [1.807, 2.05) is 0 Å². The Balaban J connectivity index is 3.09. The van der Waals surface area contributed by atoms with Crippen molar-refractivity contribution < 1.29 is 13.5 Å². The predicted molar refractivity (Wildman–Crippen MR) is 73.0 cm³/mol. The third-order valence-electron chi connectivity index (χ3n) is 2.89. The van der Waals surface area contributed by atoms with Gasteiger partial charge in [-0.2, -0.15) is 12.7 Å². The number of nitrogens with zero attached hydrogens (tertiary/aromatic N) is 1. The molecule has 0 aliphatic rings. The Morgan fingerprint density at radius 3 is 2.28 bits per heavy atom. The number of hydrogen-bond acceptors (Lipinski definition) is 3. The van der Waals surface area contributed by atoms with E-state index < -0.39 is 10.2 Å². The Bertz CT molecular complexity index is 538. The van der Waals surface area contributed by atoms with E-state index in [9.17, 15) is 13.5 Å². The molecule has 0 spiro atoms. The number of phenolic OH excluding ortho intramolecular Hbond substituents is 1. The van der Waals surface area contributed by atoms with Crippen LogP contribution in [0.3, 0.4) is 0 Å². The van der Waals surface area contributed by atoms with Crippen LogP contribution < -0.4 is 4.72 Å². The second-order valence-electron chi connectivity index (χ2n) is 4.67. The summed E-state index contributed by atoms with van der Waals surface area (Å²) in [4.78, 5) is 0. The molecule has 2 N–H and O–H groups in total. The van der Waals surface area contributed by atoms with Gasteiger partial charge < -0.3 is 5.11 Å². The van der Waals surface area contributed by atoms with Crippen molar-refractivity contribution in [2.45, 2.75) is 33.7 Å². The smallest absolute Gasteiger partial charge is 0.301 e. The topological polar surface area (TPSA) is 69.6 Å². The van der Waals surface area contributed by atoms with Gasteiger partial charge in [-0.3, -0.25) is 4.72 Å². The van der Waals surface area contributed by atoms with Crippen LogP contribution in [-0.4, -0.2) is 30.9 Å². The van der Waals surface area contributed by atoms with E-state index in [-0.39, 0.29) is 11.8 Å². The average Bonchev–Trinajstić information content (AvgIpc) is 2.24. The molecule has 1 aromatic rings. The first-order chi connectivity index (χ1) is 8.15. The van der Waals surface area contributed by atoms with Crippen LogP contribution in [-0.2, 0) is 10.2 Å². The lowest BCUT2D eigenvalue weighted by Crippen LogP contribution is -2.37. The molecule has 0 aliphatic heterocycles. The maximum Gasteiger partial charge on any atom is 0.301 e. The number of aryl methyl sites for hydroxylation is 2. The first kappa shape index (κ1) is 14.8. The van der Waals surface area contributed by atoms with E-state index in [2.05, 4.69) is 4.72 Å². The fraction of sp³-hybridized carbons (Fsp3) is 0.500. The van der Waals surface area contributed by atoms with Gasteiger partial charge in [0.1, 0.15) is 5.75 Å². The molecular weight excluding hydrogens is 252 g/mol. The number of nitrogens with one attached hydrogen (secondary N) is 1. The van der Waals surface area contributed by atoms with Crippen molar-refractivity contribution in [1.29, 1.82) is 0 Å². The number of anilines is 1. The van der Waals surface area contributed by atoms with Crippen molar-refractivity contribution in [3.8, 4) is 5.75 Å². The Kier molecular flexibility index (Phi) is 4.24. The van der Waals surface area contributed by atoms with Crippen molar-refractivity contribution in [1.82, 2.24) is 4.31 Å². The van der Waals surface area contributed by atoms with Crippen LogP contribution in [0, 0.1) is 13.8 Å². The van der Waals surface area contributed by atoms with Crippen molar-refractivity contribution >= 4 is 15.9 Å². The maximum atomic E-state index is 12.0. The molecule has 0 fully saturated rings. The molecule has 0 atom stereocenters. The molecule has 0 saturated heterocycles. The van der Waals surface area contributed by atoms with Gasteiger partial charge in [0.15, 0.2) is 0 Å². The van der Waals surface area contributed by atoms with Gasteiger partial charge in [0.2, 0.25) is 0 Å². The van der Waals surface area contributed by atoms with Gasteiger partial charge in [-0.05, 0) is 51.0 Å². The molecule has 0 unspecified atom stereocenters. The maximum absolute atomic E-state index is 12.0. The largest absolute Gasteiger partial charge is 0.508 e. The Labute approximate surface area is 109 Å². The summed E-state index contributed by atoms with van der Waals surface area (Å²) >= 11 is 0. The van der Waals surface area contributed by atoms with Gasteiger partial charge in [-0.15, -0.1) is 0 Å². The van der Waals surface area contributed by atoms with Crippen LogP contribution in [0.1, 0.15) is 25.0 Å². The molecule has 0 aromatic heterocycles. The van der Waals surface area contributed by atoms with Crippen molar-refractivity contribution in [2.75, 3.05) is 11.8 Å². The lowest BCUT2D eigenvalue weighted by atomic mass is 10.1. The zero-order valence-corrected chi connectivity index (χ0v) is 12.2. The van der Waals surface area contributed by atoms with Gasteiger partial charge in [-0.25, -0.2) is 0 Å². The highest BCUT2D eigenvalue weighted by Crippen LogP contribution is 2.26. The summed E-state index contributed by atoms with van der Waals surface area (Å²) in [5.74, 6) is 0.160. The Morgan fingerprint density at radius 2 is 1.78 bits per heavy atom.